The van der Waals surface area contributed by atoms with Gasteiger partial charge >= 0.3 is 6.18 Å². The highest BCUT2D eigenvalue weighted by molar-refractivity contribution is 5.93. The Morgan fingerprint density at radius 3 is 2.21 bits per heavy atom. The van der Waals surface area contributed by atoms with Gasteiger partial charge in [-0.15, -0.1) is 0 Å². The van der Waals surface area contributed by atoms with Crippen LogP contribution in [0.15, 0.2) is 54.6 Å². The Morgan fingerprint density at radius 2 is 1.67 bits per heavy atom. The number of primary amides is 2. The SMILES string of the molecule is NC(=O)c1ccc(Oc2ccc(-c3cc([C@H](O)CO)cc(C(N)=O)n3)cc2)c(C(F)(F)F)c1. The van der Waals surface area contributed by atoms with Gasteiger partial charge in [-0.3, -0.25) is 9.59 Å². The molecule has 2 aromatic carbocycles. The average molecular weight is 461 g/mol. The molecule has 0 unspecified atom stereocenters. The van der Waals surface area contributed by atoms with Crippen molar-refractivity contribution in [1.29, 1.82) is 0 Å². The van der Waals surface area contributed by atoms with Crippen LogP contribution in [-0.2, 0) is 6.18 Å². The number of nitrogens with two attached hydrogens (primary N) is 2. The van der Waals surface area contributed by atoms with Gasteiger partial charge in [-0.2, -0.15) is 13.2 Å². The molecule has 0 bridgehead atoms. The molecule has 1 heterocycles. The quantitative estimate of drug-likeness (QED) is 0.425. The zero-order chi connectivity index (χ0) is 24.3. The first-order chi connectivity index (χ1) is 15.5. The molecule has 0 radical (unpaired) electrons. The second kappa shape index (κ2) is 9.27. The van der Waals surface area contributed by atoms with Crippen LogP contribution in [0.1, 0.15) is 38.1 Å². The van der Waals surface area contributed by atoms with E-state index in [4.69, 9.17) is 16.2 Å². The molecule has 0 spiro atoms. The van der Waals surface area contributed by atoms with Crippen molar-refractivity contribution < 1.29 is 37.7 Å². The van der Waals surface area contributed by atoms with Gasteiger partial charge in [-0.05, 0) is 60.2 Å². The smallest absolute Gasteiger partial charge is 0.420 e. The van der Waals surface area contributed by atoms with Gasteiger partial charge in [-0.1, -0.05) is 0 Å². The summed E-state index contributed by atoms with van der Waals surface area (Å²) >= 11 is 0. The number of alkyl halides is 3. The van der Waals surface area contributed by atoms with Crippen LogP contribution in [0.2, 0.25) is 0 Å². The highest BCUT2D eigenvalue weighted by atomic mass is 19.4. The van der Waals surface area contributed by atoms with Gasteiger partial charge in [0.15, 0.2) is 0 Å². The number of carbonyl (C=O) groups is 2. The molecule has 172 valence electrons. The molecule has 6 N–H and O–H groups in total. The summed E-state index contributed by atoms with van der Waals surface area (Å²) in [4.78, 5) is 26.9. The number of halogens is 3. The summed E-state index contributed by atoms with van der Waals surface area (Å²) in [6.07, 6.45) is -6.05. The minimum absolute atomic E-state index is 0.0535. The number of hydrogen-bond donors (Lipinski definition) is 4. The lowest BCUT2D eigenvalue weighted by atomic mass is 10.0. The van der Waals surface area contributed by atoms with Crippen LogP contribution in [0.3, 0.4) is 0 Å². The molecule has 3 rings (SSSR count). The highest BCUT2D eigenvalue weighted by Crippen LogP contribution is 2.39. The molecule has 0 fully saturated rings. The second-order valence-corrected chi connectivity index (χ2v) is 6.93. The van der Waals surface area contributed by atoms with Crippen molar-refractivity contribution in [2.45, 2.75) is 12.3 Å². The molecular formula is C22H18F3N3O5. The van der Waals surface area contributed by atoms with Gasteiger partial charge in [0, 0.05) is 11.1 Å². The summed E-state index contributed by atoms with van der Waals surface area (Å²) in [5, 5.41) is 19.1. The third-order valence-corrected chi connectivity index (χ3v) is 4.61. The van der Waals surface area contributed by atoms with Crippen molar-refractivity contribution in [3.63, 3.8) is 0 Å². The van der Waals surface area contributed by atoms with E-state index in [9.17, 15) is 33.0 Å². The topological polar surface area (TPSA) is 149 Å². The van der Waals surface area contributed by atoms with Gasteiger partial charge < -0.3 is 26.4 Å². The largest absolute Gasteiger partial charge is 0.457 e. The Morgan fingerprint density at radius 1 is 1.00 bits per heavy atom. The first-order valence-corrected chi connectivity index (χ1v) is 9.39. The number of aliphatic hydroxyl groups excluding tert-OH is 2. The number of rotatable bonds is 7. The van der Waals surface area contributed by atoms with E-state index in [1.807, 2.05) is 0 Å². The van der Waals surface area contributed by atoms with Crippen LogP contribution in [0.4, 0.5) is 13.2 Å². The normalized spacial score (nSPS) is 12.3. The summed E-state index contributed by atoms with van der Waals surface area (Å²) in [6, 6.07) is 11.1. The fraction of sp³-hybridized carbons (Fsp3) is 0.136. The third-order valence-electron chi connectivity index (χ3n) is 4.61. The van der Waals surface area contributed by atoms with E-state index in [0.717, 1.165) is 12.1 Å². The number of hydrogen-bond acceptors (Lipinski definition) is 6. The number of carbonyl (C=O) groups excluding carboxylic acids is 2. The van der Waals surface area contributed by atoms with Gasteiger partial charge in [0.2, 0.25) is 5.91 Å². The second-order valence-electron chi connectivity index (χ2n) is 6.93. The number of aromatic nitrogens is 1. The van der Waals surface area contributed by atoms with Crippen molar-refractivity contribution in [3.8, 4) is 22.8 Å². The highest BCUT2D eigenvalue weighted by Gasteiger charge is 2.35. The zero-order valence-electron chi connectivity index (χ0n) is 16.8. The fourth-order valence-corrected chi connectivity index (χ4v) is 2.94. The van der Waals surface area contributed by atoms with Crippen molar-refractivity contribution in [3.05, 3.63) is 77.0 Å². The number of aliphatic hydroxyl groups is 2. The number of amides is 2. The fourth-order valence-electron chi connectivity index (χ4n) is 2.94. The van der Waals surface area contributed by atoms with E-state index in [2.05, 4.69) is 4.98 Å². The van der Waals surface area contributed by atoms with E-state index in [-0.39, 0.29) is 28.3 Å². The van der Waals surface area contributed by atoms with Crippen LogP contribution in [-0.4, -0.2) is 33.6 Å². The summed E-state index contributed by atoms with van der Waals surface area (Å²) in [5.41, 5.74) is 9.60. The van der Waals surface area contributed by atoms with Crippen LogP contribution in [0, 0.1) is 0 Å². The van der Waals surface area contributed by atoms with Gasteiger partial charge in [-0.25, -0.2) is 4.98 Å². The predicted molar refractivity (Wildman–Crippen MR) is 110 cm³/mol. The number of ether oxygens (including phenoxy) is 1. The van der Waals surface area contributed by atoms with E-state index < -0.39 is 42.0 Å². The minimum atomic E-state index is -4.79. The lowest BCUT2D eigenvalue weighted by Crippen LogP contribution is -2.15. The molecule has 1 aromatic heterocycles. The summed E-state index contributed by atoms with van der Waals surface area (Å²) in [7, 11) is 0. The van der Waals surface area contributed by atoms with Crippen molar-refractivity contribution in [2.75, 3.05) is 6.61 Å². The van der Waals surface area contributed by atoms with Gasteiger partial charge in [0.1, 0.15) is 23.3 Å². The summed E-state index contributed by atoms with van der Waals surface area (Å²) < 4.78 is 45.6. The Kier molecular flexibility index (Phi) is 6.65. The Labute approximate surface area is 185 Å². The van der Waals surface area contributed by atoms with Crippen LogP contribution < -0.4 is 16.2 Å². The standard InChI is InChI=1S/C22H18F3N3O5/c23-22(24,25)15-7-12(20(26)31)3-6-19(15)33-14-4-1-11(2-5-14)16-8-13(18(30)10-29)9-17(28-16)21(27)32/h1-9,18,29-30H,10H2,(H2,26,31)(H2,27,32)/t18-/m1/s1. The minimum Gasteiger partial charge on any atom is -0.457 e. The molecular weight excluding hydrogens is 443 g/mol. The molecule has 33 heavy (non-hydrogen) atoms. The Hall–Kier alpha value is -3.96. The van der Waals surface area contributed by atoms with Crippen molar-refractivity contribution >= 4 is 11.8 Å². The first kappa shape index (κ1) is 23.7. The molecule has 2 amide bonds. The van der Waals surface area contributed by atoms with E-state index >= 15 is 0 Å². The Balaban J connectivity index is 1.94. The van der Waals surface area contributed by atoms with Crippen molar-refractivity contribution in [1.82, 2.24) is 4.98 Å². The summed E-state index contributed by atoms with van der Waals surface area (Å²) in [6.45, 7) is -0.593. The first-order valence-electron chi connectivity index (χ1n) is 9.39. The van der Waals surface area contributed by atoms with Crippen LogP contribution in [0.5, 0.6) is 11.5 Å². The van der Waals surface area contributed by atoms with Crippen molar-refractivity contribution in [2.24, 2.45) is 11.5 Å². The number of nitrogens with zero attached hydrogens (tertiary/aromatic N) is 1. The molecule has 3 aromatic rings. The third kappa shape index (κ3) is 5.45. The maximum absolute atomic E-state index is 13.4. The molecule has 0 saturated heterocycles. The van der Waals surface area contributed by atoms with Crippen LogP contribution in [0.25, 0.3) is 11.3 Å². The average Bonchev–Trinajstić information content (AvgIpc) is 2.78. The maximum Gasteiger partial charge on any atom is 0.420 e. The molecule has 0 saturated carbocycles. The van der Waals surface area contributed by atoms with E-state index in [0.29, 0.717) is 11.6 Å². The number of pyridine rings is 1. The van der Waals surface area contributed by atoms with Gasteiger partial charge in [0.25, 0.3) is 5.91 Å². The molecule has 8 nitrogen and oxygen atoms in total. The lowest BCUT2D eigenvalue weighted by Gasteiger charge is -2.15. The van der Waals surface area contributed by atoms with Gasteiger partial charge in [0.05, 0.1) is 17.9 Å². The van der Waals surface area contributed by atoms with E-state index in [1.165, 1.54) is 36.4 Å². The molecule has 0 aliphatic heterocycles. The lowest BCUT2D eigenvalue weighted by molar-refractivity contribution is -0.138. The number of benzene rings is 2. The Bertz CT molecular complexity index is 1200. The van der Waals surface area contributed by atoms with E-state index in [1.54, 1.807) is 0 Å². The molecule has 11 heteroatoms. The monoisotopic (exact) mass is 461 g/mol. The summed E-state index contributed by atoms with van der Waals surface area (Å²) in [5.74, 6) is -2.32. The zero-order valence-corrected chi connectivity index (χ0v) is 16.8. The molecule has 0 aliphatic carbocycles. The molecule has 1 atom stereocenters. The molecule has 0 aliphatic rings. The predicted octanol–water partition coefficient (Wildman–Crippen LogP) is 2.78. The maximum atomic E-state index is 13.4. The van der Waals surface area contributed by atoms with Crippen LogP contribution >= 0.6 is 0 Å².